The molecule has 0 radical (unpaired) electrons. The van der Waals surface area contributed by atoms with Gasteiger partial charge in [0.2, 0.25) is 0 Å². The summed E-state index contributed by atoms with van der Waals surface area (Å²) in [5, 5.41) is 0. The van der Waals surface area contributed by atoms with Crippen molar-refractivity contribution in [2.75, 3.05) is 5.75 Å². The molecule has 0 aromatic rings. The van der Waals surface area contributed by atoms with Crippen LogP contribution < -0.4 is 0 Å². The van der Waals surface area contributed by atoms with E-state index < -0.39 is 10.0 Å². The van der Waals surface area contributed by atoms with Crippen LogP contribution in [0.25, 0.3) is 0 Å². The summed E-state index contributed by atoms with van der Waals surface area (Å²) in [5.41, 5.74) is 0. The van der Waals surface area contributed by atoms with E-state index in [1.165, 1.54) is 6.92 Å². The van der Waals surface area contributed by atoms with Crippen LogP contribution in [0.4, 0.5) is 0 Å². The quantitative estimate of drug-likeness (QED) is 0.484. The van der Waals surface area contributed by atoms with E-state index in [1.54, 1.807) is 0 Å². The first-order valence-corrected chi connectivity index (χ1v) is 3.44. The van der Waals surface area contributed by atoms with Crippen LogP contribution in [0, 0.1) is 0 Å². The second kappa shape index (κ2) is 2.07. The van der Waals surface area contributed by atoms with Crippen molar-refractivity contribution < 1.29 is 8.42 Å². The van der Waals surface area contributed by atoms with Gasteiger partial charge in [-0.25, -0.2) is 8.42 Å². The summed E-state index contributed by atoms with van der Waals surface area (Å²) in [6, 6.07) is 0. The number of rotatable bonds is 2. The highest BCUT2D eigenvalue weighted by Crippen LogP contribution is 1.85. The number of hydrogen-bond donors (Lipinski definition) is 0. The summed E-state index contributed by atoms with van der Waals surface area (Å²) in [6.07, 6.45) is 0. The molecule has 4 heteroatoms. The lowest BCUT2D eigenvalue weighted by atomic mass is 11.0. The molecule has 0 aliphatic heterocycles. The normalized spacial score (nSPS) is 11.0. The first-order valence-electron chi connectivity index (χ1n) is 1.83. The van der Waals surface area contributed by atoms with E-state index in [9.17, 15) is 8.42 Å². The van der Waals surface area contributed by atoms with E-state index in [0.29, 0.717) is 0 Å². The van der Waals surface area contributed by atoms with Crippen molar-refractivity contribution in [3.05, 3.63) is 0 Å². The van der Waals surface area contributed by atoms with Crippen molar-refractivity contribution in [1.29, 1.82) is 0 Å². The standard InChI is InChI=1S/C3H7NO2S/c1-3-7(5,6)4-2/h2-3H2,1H3. The van der Waals surface area contributed by atoms with Crippen LogP contribution in [0.3, 0.4) is 0 Å². The molecule has 0 atom stereocenters. The zero-order valence-corrected chi connectivity index (χ0v) is 4.90. The second-order valence-electron chi connectivity index (χ2n) is 1.000. The Morgan fingerprint density at radius 2 is 2.14 bits per heavy atom. The Kier molecular flexibility index (Phi) is 1.95. The summed E-state index contributed by atoms with van der Waals surface area (Å²) < 4.78 is 23.1. The average molecular weight is 121 g/mol. The van der Waals surface area contributed by atoms with E-state index in [1.807, 2.05) is 0 Å². The largest absolute Gasteiger partial charge is 0.252 e. The van der Waals surface area contributed by atoms with E-state index in [4.69, 9.17) is 0 Å². The van der Waals surface area contributed by atoms with Gasteiger partial charge in [-0.15, -0.1) is 0 Å². The average Bonchev–Trinajstić information content (AvgIpc) is 1.68. The van der Waals surface area contributed by atoms with Crippen LogP contribution in [-0.2, 0) is 10.0 Å². The zero-order chi connectivity index (χ0) is 5.91. The molecule has 0 fully saturated rings. The Morgan fingerprint density at radius 1 is 1.71 bits per heavy atom. The first-order chi connectivity index (χ1) is 3.12. The Hall–Kier alpha value is -0.380. The molecule has 0 aromatic heterocycles. The lowest BCUT2D eigenvalue weighted by Crippen LogP contribution is -1.95. The molecule has 3 nitrogen and oxygen atoms in total. The van der Waals surface area contributed by atoms with Gasteiger partial charge in [0.15, 0.2) is 0 Å². The molecule has 0 amide bonds. The molecule has 7 heavy (non-hydrogen) atoms. The molecule has 42 valence electrons. The van der Waals surface area contributed by atoms with Crippen LogP contribution in [0.15, 0.2) is 4.40 Å². The number of nitrogens with zero attached hydrogens (tertiary/aromatic N) is 1. The fourth-order valence-electron chi connectivity index (χ4n) is 0.0913. The minimum Gasteiger partial charge on any atom is -0.205 e. The Bertz CT molecular complexity index is 146. The monoisotopic (exact) mass is 121 g/mol. The second-order valence-corrected chi connectivity index (χ2v) is 3.00. The van der Waals surface area contributed by atoms with Crippen LogP contribution in [0.5, 0.6) is 0 Å². The summed E-state index contributed by atoms with van der Waals surface area (Å²) in [5.74, 6) is 0.0382. The van der Waals surface area contributed by atoms with Crippen LogP contribution >= 0.6 is 0 Å². The topological polar surface area (TPSA) is 46.5 Å². The molecule has 0 rings (SSSR count). The SMILES string of the molecule is C=NS(=O)(=O)CC. The molecule has 0 N–H and O–H groups in total. The molecule has 0 saturated heterocycles. The van der Waals surface area contributed by atoms with Gasteiger partial charge in [0.05, 0.1) is 5.75 Å². The molecule has 0 aliphatic carbocycles. The maximum Gasteiger partial charge on any atom is 0.252 e. The third-order valence-corrected chi connectivity index (χ3v) is 1.68. The molecule has 0 aliphatic rings. The van der Waals surface area contributed by atoms with Gasteiger partial charge in [-0.05, 0) is 6.92 Å². The van der Waals surface area contributed by atoms with Gasteiger partial charge in [-0.1, -0.05) is 0 Å². The van der Waals surface area contributed by atoms with Gasteiger partial charge in [0.1, 0.15) is 0 Å². The predicted octanol–water partition coefficient (Wildman–Crippen LogP) is 0.0367. The predicted molar refractivity (Wildman–Crippen MR) is 29.0 cm³/mol. The van der Waals surface area contributed by atoms with E-state index in [0.717, 1.165) is 0 Å². The Labute approximate surface area is 43.1 Å². The van der Waals surface area contributed by atoms with Crippen LogP contribution in [-0.4, -0.2) is 20.9 Å². The molecule has 0 heterocycles. The molecule has 0 aromatic carbocycles. The zero-order valence-electron chi connectivity index (χ0n) is 4.09. The van der Waals surface area contributed by atoms with Crippen LogP contribution in [0.2, 0.25) is 0 Å². The van der Waals surface area contributed by atoms with Crippen molar-refractivity contribution in [2.45, 2.75) is 6.92 Å². The van der Waals surface area contributed by atoms with E-state index >= 15 is 0 Å². The highest BCUT2D eigenvalue weighted by atomic mass is 32.2. The summed E-state index contributed by atoms with van der Waals surface area (Å²) in [7, 11) is -3.14. The third-order valence-electron chi connectivity index (χ3n) is 0.561. The van der Waals surface area contributed by atoms with Crippen molar-refractivity contribution in [1.82, 2.24) is 0 Å². The molecular formula is C3H7NO2S. The molecular weight excluding hydrogens is 114 g/mol. The lowest BCUT2D eigenvalue weighted by molar-refractivity contribution is 0.599. The fraction of sp³-hybridized carbons (Fsp3) is 0.667. The molecule has 0 unspecified atom stereocenters. The highest BCUT2D eigenvalue weighted by Gasteiger charge is 1.96. The van der Waals surface area contributed by atoms with Gasteiger partial charge in [0, 0.05) is 6.72 Å². The lowest BCUT2D eigenvalue weighted by Gasteiger charge is -1.83. The minimum atomic E-state index is -3.14. The number of sulfonamides is 1. The van der Waals surface area contributed by atoms with Gasteiger partial charge in [-0.2, -0.15) is 4.40 Å². The maximum atomic E-state index is 10.1. The summed E-state index contributed by atoms with van der Waals surface area (Å²) >= 11 is 0. The Morgan fingerprint density at radius 3 is 2.14 bits per heavy atom. The molecule has 0 bridgehead atoms. The smallest absolute Gasteiger partial charge is 0.205 e. The van der Waals surface area contributed by atoms with Crippen LogP contribution in [0.1, 0.15) is 6.92 Å². The molecule has 0 saturated carbocycles. The highest BCUT2D eigenvalue weighted by molar-refractivity contribution is 7.90. The van der Waals surface area contributed by atoms with Gasteiger partial charge in [-0.3, -0.25) is 0 Å². The summed E-state index contributed by atoms with van der Waals surface area (Å²) in [4.78, 5) is 0. The Balaban J connectivity index is 4.17. The van der Waals surface area contributed by atoms with Crippen molar-refractivity contribution >= 4 is 16.7 Å². The summed E-state index contributed by atoms with van der Waals surface area (Å²) in [6.45, 7) is 4.38. The first kappa shape index (κ1) is 6.62. The fourth-order valence-corrected chi connectivity index (χ4v) is 0.274. The van der Waals surface area contributed by atoms with E-state index in [2.05, 4.69) is 11.1 Å². The molecule has 0 spiro atoms. The maximum absolute atomic E-state index is 10.1. The minimum absolute atomic E-state index is 0.0382. The van der Waals surface area contributed by atoms with Crippen molar-refractivity contribution in [3.63, 3.8) is 0 Å². The third kappa shape index (κ3) is 2.33. The van der Waals surface area contributed by atoms with Gasteiger partial charge in [0.25, 0.3) is 10.0 Å². The number of hydrogen-bond acceptors (Lipinski definition) is 2. The van der Waals surface area contributed by atoms with E-state index in [-0.39, 0.29) is 5.75 Å². The van der Waals surface area contributed by atoms with Crippen molar-refractivity contribution in [3.8, 4) is 0 Å². The van der Waals surface area contributed by atoms with Crippen molar-refractivity contribution in [2.24, 2.45) is 4.40 Å². The van der Waals surface area contributed by atoms with Gasteiger partial charge >= 0.3 is 0 Å². The van der Waals surface area contributed by atoms with Gasteiger partial charge < -0.3 is 0 Å².